The van der Waals surface area contributed by atoms with Crippen LogP contribution in [-0.2, 0) is 14.4 Å². The van der Waals surface area contributed by atoms with Crippen LogP contribution in [0, 0.1) is 5.92 Å². The standard InChI is InChI=1S/C10H18N2O4S/c1-7(2)3-11-8(13)4-12-9(14)5-17-6-10(15)16/h7H,3-6H2,1-2H3,(H,11,13)(H,12,14)(H,15,16). The van der Waals surface area contributed by atoms with E-state index >= 15 is 0 Å². The summed E-state index contributed by atoms with van der Waals surface area (Å²) >= 11 is 0.996. The summed E-state index contributed by atoms with van der Waals surface area (Å²) < 4.78 is 0. The number of amides is 2. The second kappa shape index (κ2) is 8.86. The van der Waals surface area contributed by atoms with Crippen molar-refractivity contribution in [3.05, 3.63) is 0 Å². The summed E-state index contributed by atoms with van der Waals surface area (Å²) in [5.74, 6) is -1.25. The molecule has 0 aromatic rings. The van der Waals surface area contributed by atoms with E-state index in [-0.39, 0.29) is 29.9 Å². The Labute approximate surface area is 105 Å². The number of carbonyl (C=O) groups is 3. The molecule has 0 atom stereocenters. The Morgan fingerprint density at radius 2 is 1.76 bits per heavy atom. The molecule has 0 aromatic carbocycles. The Kier molecular flexibility index (Phi) is 8.21. The molecule has 17 heavy (non-hydrogen) atoms. The summed E-state index contributed by atoms with van der Waals surface area (Å²) in [6, 6.07) is 0. The normalized spacial score (nSPS) is 10.1. The van der Waals surface area contributed by atoms with Crippen LogP contribution < -0.4 is 10.6 Å². The van der Waals surface area contributed by atoms with Gasteiger partial charge in [0.25, 0.3) is 0 Å². The summed E-state index contributed by atoms with van der Waals surface area (Å²) in [5.41, 5.74) is 0. The van der Waals surface area contributed by atoms with Gasteiger partial charge in [-0.2, -0.15) is 0 Å². The van der Waals surface area contributed by atoms with Crippen LogP contribution in [0.2, 0.25) is 0 Å². The van der Waals surface area contributed by atoms with Gasteiger partial charge in [0.2, 0.25) is 11.8 Å². The molecule has 3 N–H and O–H groups in total. The maximum absolute atomic E-state index is 11.2. The lowest BCUT2D eigenvalue weighted by Gasteiger charge is -2.08. The summed E-state index contributed by atoms with van der Waals surface area (Å²) in [4.78, 5) is 32.5. The molecule has 0 aliphatic rings. The number of thioether (sulfide) groups is 1. The van der Waals surface area contributed by atoms with Crippen LogP contribution in [0.4, 0.5) is 0 Å². The number of hydrogen-bond acceptors (Lipinski definition) is 4. The third-order valence-corrected chi connectivity index (χ3v) is 2.53. The average Bonchev–Trinajstić information content (AvgIpc) is 2.23. The quantitative estimate of drug-likeness (QED) is 0.558. The number of carboxylic acid groups (broad SMARTS) is 1. The number of rotatable bonds is 8. The first-order valence-corrected chi connectivity index (χ1v) is 6.40. The Balaban J connectivity index is 3.55. The number of hydrogen-bond donors (Lipinski definition) is 3. The fourth-order valence-corrected chi connectivity index (χ4v) is 1.41. The molecule has 0 saturated heterocycles. The zero-order valence-corrected chi connectivity index (χ0v) is 10.8. The molecule has 2 amide bonds. The predicted octanol–water partition coefficient (Wildman–Crippen LogP) is -0.307. The van der Waals surface area contributed by atoms with Gasteiger partial charge in [0, 0.05) is 6.54 Å². The van der Waals surface area contributed by atoms with Crippen molar-refractivity contribution in [1.29, 1.82) is 0 Å². The molecule has 6 nitrogen and oxygen atoms in total. The van der Waals surface area contributed by atoms with Gasteiger partial charge in [-0.3, -0.25) is 14.4 Å². The van der Waals surface area contributed by atoms with Gasteiger partial charge in [0.05, 0.1) is 18.1 Å². The minimum absolute atomic E-state index is 0.0454. The van der Waals surface area contributed by atoms with Crippen LogP contribution in [0.3, 0.4) is 0 Å². The Morgan fingerprint density at radius 3 is 2.29 bits per heavy atom. The number of carboxylic acids is 1. The number of aliphatic carboxylic acids is 1. The van der Waals surface area contributed by atoms with Crippen molar-refractivity contribution in [2.75, 3.05) is 24.6 Å². The minimum Gasteiger partial charge on any atom is -0.481 e. The second-order valence-corrected chi connectivity index (χ2v) is 4.85. The first kappa shape index (κ1) is 15.8. The van der Waals surface area contributed by atoms with E-state index < -0.39 is 5.97 Å². The topological polar surface area (TPSA) is 95.5 Å². The molecular weight excluding hydrogens is 244 g/mol. The summed E-state index contributed by atoms with van der Waals surface area (Å²) in [7, 11) is 0. The first-order valence-electron chi connectivity index (χ1n) is 5.24. The SMILES string of the molecule is CC(C)CNC(=O)CNC(=O)CSCC(=O)O. The summed E-state index contributed by atoms with van der Waals surface area (Å²) in [6.45, 7) is 4.45. The van der Waals surface area contributed by atoms with Crippen molar-refractivity contribution < 1.29 is 19.5 Å². The molecule has 0 saturated carbocycles. The van der Waals surface area contributed by atoms with Crippen LogP contribution in [0.5, 0.6) is 0 Å². The van der Waals surface area contributed by atoms with E-state index in [4.69, 9.17) is 5.11 Å². The Morgan fingerprint density at radius 1 is 1.12 bits per heavy atom. The highest BCUT2D eigenvalue weighted by Crippen LogP contribution is 1.97. The van der Waals surface area contributed by atoms with E-state index in [2.05, 4.69) is 10.6 Å². The average molecular weight is 262 g/mol. The maximum Gasteiger partial charge on any atom is 0.313 e. The van der Waals surface area contributed by atoms with Crippen molar-refractivity contribution in [1.82, 2.24) is 10.6 Å². The number of carbonyl (C=O) groups excluding carboxylic acids is 2. The fraction of sp³-hybridized carbons (Fsp3) is 0.700. The van der Waals surface area contributed by atoms with Gasteiger partial charge in [-0.1, -0.05) is 13.8 Å². The third-order valence-electron chi connectivity index (χ3n) is 1.61. The van der Waals surface area contributed by atoms with Gasteiger partial charge >= 0.3 is 5.97 Å². The molecule has 0 spiro atoms. The molecule has 0 aromatic heterocycles. The minimum atomic E-state index is -0.961. The van der Waals surface area contributed by atoms with Gasteiger partial charge in [-0.25, -0.2) is 0 Å². The van der Waals surface area contributed by atoms with Crippen molar-refractivity contribution in [2.24, 2.45) is 5.92 Å². The van der Waals surface area contributed by atoms with Gasteiger partial charge in [-0.05, 0) is 5.92 Å². The predicted molar refractivity (Wildman–Crippen MR) is 65.8 cm³/mol. The van der Waals surface area contributed by atoms with E-state index in [1.54, 1.807) is 0 Å². The largest absolute Gasteiger partial charge is 0.481 e. The fourth-order valence-electron chi connectivity index (χ4n) is 0.841. The smallest absolute Gasteiger partial charge is 0.313 e. The Hall–Kier alpha value is -1.24. The first-order chi connectivity index (χ1) is 7.91. The molecule has 98 valence electrons. The van der Waals surface area contributed by atoms with E-state index in [1.807, 2.05) is 13.8 Å². The van der Waals surface area contributed by atoms with Crippen molar-refractivity contribution >= 4 is 29.5 Å². The van der Waals surface area contributed by atoms with Crippen molar-refractivity contribution in [2.45, 2.75) is 13.8 Å². The lowest BCUT2D eigenvalue weighted by atomic mass is 10.2. The van der Waals surface area contributed by atoms with E-state index in [1.165, 1.54) is 0 Å². The lowest BCUT2D eigenvalue weighted by Crippen LogP contribution is -2.39. The monoisotopic (exact) mass is 262 g/mol. The van der Waals surface area contributed by atoms with E-state index in [0.717, 1.165) is 11.8 Å². The zero-order valence-electron chi connectivity index (χ0n) is 9.99. The highest BCUT2D eigenvalue weighted by Gasteiger charge is 2.06. The molecule has 0 rings (SSSR count). The van der Waals surface area contributed by atoms with E-state index in [9.17, 15) is 14.4 Å². The third kappa shape index (κ3) is 11.0. The zero-order chi connectivity index (χ0) is 13.3. The molecule has 0 aliphatic carbocycles. The van der Waals surface area contributed by atoms with Crippen molar-refractivity contribution in [3.63, 3.8) is 0 Å². The molecule has 0 aliphatic heterocycles. The van der Waals surface area contributed by atoms with Gasteiger partial charge < -0.3 is 15.7 Å². The molecular formula is C10H18N2O4S. The van der Waals surface area contributed by atoms with Crippen LogP contribution >= 0.6 is 11.8 Å². The van der Waals surface area contributed by atoms with E-state index in [0.29, 0.717) is 12.5 Å². The van der Waals surface area contributed by atoms with Gasteiger partial charge in [0.15, 0.2) is 0 Å². The molecule has 0 unspecified atom stereocenters. The second-order valence-electron chi connectivity index (χ2n) is 3.86. The van der Waals surface area contributed by atoms with Crippen LogP contribution in [0.15, 0.2) is 0 Å². The number of nitrogens with one attached hydrogen (secondary N) is 2. The lowest BCUT2D eigenvalue weighted by molar-refractivity contribution is -0.133. The molecule has 0 fully saturated rings. The highest BCUT2D eigenvalue weighted by atomic mass is 32.2. The molecule has 0 bridgehead atoms. The van der Waals surface area contributed by atoms with Gasteiger partial charge in [0.1, 0.15) is 0 Å². The summed E-state index contributed by atoms with van der Waals surface area (Å²) in [6.07, 6.45) is 0. The molecule has 7 heteroatoms. The Bertz CT molecular complexity index is 281. The highest BCUT2D eigenvalue weighted by molar-refractivity contribution is 8.00. The van der Waals surface area contributed by atoms with Crippen LogP contribution in [0.1, 0.15) is 13.8 Å². The maximum atomic E-state index is 11.2. The van der Waals surface area contributed by atoms with Crippen LogP contribution in [0.25, 0.3) is 0 Å². The van der Waals surface area contributed by atoms with Crippen molar-refractivity contribution in [3.8, 4) is 0 Å². The van der Waals surface area contributed by atoms with Gasteiger partial charge in [-0.15, -0.1) is 11.8 Å². The molecule has 0 radical (unpaired) electrons. The summed E-state index contributed by atoms with van der Waals surface area (Å²) in [5, 5.41) is 13.4. The van der Waals surface area contributed by atoms with Crippen LogP contribution in [-0.4, -0.2) is 47.5 Å². The molecule has 0 heterocycles.